The molecule has 1 N–H and O–H groups in total. The van der Waals surface area contributed by atoms with Crippen molar-refractivity contribution in [2.45, 2.75) is 32.9 Å². The number of rotatable bonds is 6. The van der Waals surface area contributed by atoms with E-state index in [0.717, 1.165) is 17.1 Å². The summed E-state index contributed by atoms with van der Waals surface area (Å²) in [4.78, 5) is 23.9. The molecular formula is C13H20F3NO3S. The van der Waals surface area contributed by atoms with Crippen LogP contribution in [0.4, 0.5) is 13.2 Å². The molecule has 1 aliphatic heterocycles. The van der Waals surface area contributed by atoms with Crippen LogP contribution in [0.3, 0.4) is 0 Å². The maximum atomic E-state index is 13.0. The summed E-state index contributed by atoms with van der Waals surface area (Å²) < 4.78 is 38.9. The molecule has 0 aliphatic carbocycles. The molecule has 4 nitrogen and oxygen atoms in total. The predicted octanol–water partition coefficient (Wildman–Crippen LogP) is 2.63. The zero-order valence-electron chi connectivity index (χ0n) is 12.1. The number of nitrogens with zero attached hydrogens (tertiary/aromatic N) is 1. The van der Waals surface area contributed by atoms with Crippen LogP contribution in [0.5, 0.6) is 0 Å². The highest BCUT2D eigenvalue weighted by atomic mass is 32.2. The third-order valence-electron chi connectivity index (χ3n) is 3.64. The lowest BCUT2D eigenvalue weighted by molar-refractivity contribution is -0.227. The second kappa shape index (κ2) is 6.89. The number of hydrogen-bond acceptors (Lipinski definition) is 3. The van der Waals surface area contributed by atoms with Crippen LogP contribution in [0.15, 0.2) is 0 Å². The van der Waals surface area contributed by atoms with Crippen molar-refractivity contribution in [1.82, 2.24) is 4.90 Å². The van der Waals surface area contributed by atoms with Gasteiger partial charge < -0.3 is 10.0 Å². The first-order valence-electron chi connectivity index (χ1n) is 6.76. The normalized spacial score (nSPS) is 22.9. The van der Waals surface area contributed by atoms with E-state index in [4.69, 9.17) is 5.11 Å². The number of carboxylic acid groups (broad SMARTS) is 1. The summed E-state index contributed by atoms with van der Waals surface area (Å²) in [7, 11) is 0. The van der Waals surface area contributed by atoms with Gasteiger partial charge in [-0.05, 0) is 24.5 Å². The molecule has 0 radical (unpaired) electrons. The van der Waals surface area contributed by atoms with Gasteiger partial charge in [0.1, 0.15) is 0 Å². The van der Waals surface area contributed by atoms with Gasteiger partial charge in [-0.1, -0.05) is 13.8 Å². The molecule has 1 amide bonds. The lowest BCUT2D eigenvalue weighted by Gasteiger charge is -2.27. The van der Waals surface area contributed by atoms with Crippen molar-refractivity contribution in [2.75, 3.05) is 24.6 Å². The van der Waals surface area contributed by atoms with Gasteiger partial charge in [-0.2, -0.15) is 24.9 Å². The fourth-order valence-electron chi connectivity index (χ4n) is 2.12. The fraction of sp³-hybridized carbons (Fsp3) is 0.846. The van der Waals surface area contributed by atoms with Crippen LogP contribution in [-0.4, -0.2) is 52.7 Å². The Kier molecular flexibility index (Phi) is 5.95. The van der Waals surface area contributed by atoms with E-state index in [2.05, 4.69) is 0 Å². The largest absolute Gasteiger partial charge is 0.481 e. The molecule has 1 rings (SSSR count). The highest BCUT2D eigenvalue weighted by Gasteiger charge is 2.64. The Balaban J connectivity index is 2.56. The second-order valence-corrected chi connectivity index (χ2v) is 6.79. The lowest BCUT2D eigenvalue weighted by atomic mass is 9.86. The van der Waals surface area contributed by atoms with E-state index in [1.165, 1.54) is 11.8 Å². The third-order valence-corrected chi connectivity index (χ3v) is 4.61. The van der Waals surface area contributed by atoms with Gasteiger partial charge in [-0.3, -0.25) is 9.59 Å². The zero-order chi connectivity index (χ0) is 16.3. The Bertz CT molecular complexity index is 401. The maximum Gasteiger partial charge on any atom is 0.406 e. The summed E-state index contributed by atoms with van der Waals surface area (Å²) >= 11 is 1.37. The minimum atomic E-state index is -4.85. The van der Waals surface area contributed by atoms with Gasteiger partial charge in [0.25, 0.3) is 0 Å². The number of carboxylic acids is 1. The van der Waals surface area contributed by atoms with Gasteiger partial charge in [0.05, 0.1) is 5.75 Å². The molecular weight excluding hydrogens is 307 g/mol. The quantitative estimate of drug-likeness (QED) is 0.762. The Hall–Kier alpha value is -0.920. The fourth-order valence-corrected chi connectivity index (χ4v) is 3.26. The average molecular weight is 327 g/mol. The highest BCUT2D eigenvalue weighted by molar-refractivity contribution is 7.99. The van der Waals surface area contributed by atoms with Gasteiger partial charge in [0, 0.05) is 13.1 Å². The number of likely N-dealkylation sites (tertiary alicyclic amines) is 1. The number of carbonyl (C=O) groups is 2. The first kappa shape index (κ1) is 18.1. The van der Waals surface area contributed by atoms with Gasteiger partial charge in [-0.15, -0.1) is 0 Å². The Morgan fingerprint density at radius 1 is 1.38 bits per heavy atom. The average Bonchev–Trinajstić information content (AvgIpc) is 2.80. The van der Waals surface area contributed by atoms with E-state index in [1.54, 1.807) is 0 Å². The van der Waals surface area contributed by atoms with Crippen molar-refractivity contribution in [3.8, 4) is 0 Å². The van der Waals surface area contributed by atoms with Crippen molar-refractivity contribution in [1.29, 1.82) is 0 Å². The van der Waals surface area contributed by atoms with Gasteiger partial charge in [0.2, 0.25) is 5.91 Å². The Labute approximate surface area is 126 Å². The molecule has 0 saturated carbocycles. The molecule has 1 fully saturated rings. The number of hydrogen-bond donors (Lipinski definition) is 1. The molecule has 8 heteroatoms. The highest BCUT2D eigenvalue weighted by Crippen LogP contribution is 2.45. The van der Waals surface area contributed by atoms with Crippen molar-refractivity contribution in [2.24, 2.45) is 11.3 Å². The Morgan fingerprint density at radius 3 is 2.43 bits per heavy atom. The van der Waals surface area contributed by atoms with Crippen molar-refractivity contribution in [3.05, 3.63) is 0 Å². The van der Waals surface area contributed by atoms with E-state index in [1.807, 2.05) is 13.8 Å². The van der Waals surface area contributed by atoms with Crippen LogP contribution in [0.2, 0.25) is 0 Å². The maximum absolute atomic E-state index is 13.0. The SMILES string of the molecule is CC(C)CCSCC(=O)N1CCC(C(=O)O)(C(F)(F)F)C1. The molecule has 21 heavy (non-hydrogen) atoms. The first-order valence-corrected chi connectivity index (χ1v) is 7.91. The van der Waals surface area contributed by atoms with Crippen LogP contribution >= 0.6 is 11.8 Å². The number of carbonyl (C=O) groups excluding carboxylic acids is 1. The molecule has 1 aliphatic rings. The van der Waals surface area contributed by atoms with Crippen LogP contribution in [0, 0.1) is 11.3 Å². The topological polar surface area (TPSA) is 57.6 Å². The molecule has 1 unspecified atom stereocenters. The number of amides is 1. The molecule has 122 valence electrons. The molecule has 0 aromatic carbocycles. The summed E-state index contributed by atoms with van der Waals surface area (Å²) in [6, 6.07) is 0. The smallest absolute Gasteiger partial charge is 0.406 e. The number of aliphatic carboxylic acids is 1. The van der Waals surface area contributed by atoms with E-state index < -0.39 is 36.4 Å². The van der Waals surface area contributed by atoms with Crippen molar-refractivity contribution in [3.63, 3.8) is 0 Å². The number of alkyl halides is 3. The Morgan fingerprint density at radius 2 is 2.00 bits per heavy atom. The standard InChI is InChI=1S/C13H20F3NO3S/c1-9(2)3-6-21-7-10(18)17-5-4-12(8-17,11(19)20)13(14,15)16/h9H,3-8H2,1-2H3,(H,19,20). The van der Waals surface area contributed by atoms with E-state index in [9.17, 15) is 22.8 Å². The van der Waals surface area contributed by atoms with Crippen LogP contribution in [-0.2, 0) is 9.59 Å². The number of halogens is 3. The molecule has 0 spiro atoms. The van der Waals surface area contributed by atoms with Gasteiger partial charge in [-0.25, -0.2) is 0 Å². The zero-order valence-corrected chi connectivity index (χ0v) is 12.9. The third kappa shape index (κ3) is 4.28. The number of thioether (sulfide) groups is 1. The molecule has 1 saturated heterocycles. The van der Waals surface area contributed by atoms with Crippen LogP contribution in [0.1, 0.15) is 26.7 Å². The summed E-state index contributed by atoms with van der Waals surface area (Å²) in [6.45, 7) is 3.16. The van der Waals surface area contributed by atoms with E-state index in [0.29, 0.717) is 5.92 Å². The first-order chi connectivity index (χ1) is 9.60. The second-order valence-electron chi connectivity index (χ2n) is 5.69. The van der Waals surface area contributed by atoms with E-state index in [-0.39, 0.29) is 12.3 Å². The van der Waals surface area contributed by atoms with Crippen molar-refractivity contribution >= 4 is 23.6 Å². The summed E-state index contributed by atoms with van der Waals surface area (Å²) in [5, 5.41) is 8.91. The summed E-state index contributed by atoms with van der Waals surface area (Å²) in [5.74, 6) is -0.959. The predicted molar refractivity (Wildman–Crippen MR) is 74.1 cm³/mol. The van der Waals surface area contributed by atoms with Gasteiger partial charge in [0.15, 0.2) is 5.41 Å². The minimum Gasteiger partial charge on any atom is -0.481 e. The molecule has 0 aromatic heterocycles. The molecule has 1 atom stereocenters. The molecule has 0 aromatic rings. The monoisotopic (exact) mass is 327 g/mol. The molecule has 1 heterocycles. The van der Waals surface area contributed by atoms with Gasteiger partial charge >= 0.3 is 12.1 Å². The summed E-state index contributed by atoms with van der Waals surface area (Å²) in [6.07, 6.45) is -4.49. The van der Waals surface area contributed by atoms with E-state index >= 15 is 0 Å². The van der Waals surface area contributed by atoms with Crippen LogP contribution in [0.25, 0.3) is 0 Å². The minimum absolute atomic E-state index is 0.0975. The summed E-state index contributed by atoms with van der Waals surface area (Å²) in [5.41, 5.74) is -2.81. The molecule has 0 bridgehead atoms. The lowest BCUT2D eigenvalue weighted by Crippen LogP contribution is -2.48. The van der Waals surface area contributed by atoms with Crippen molar-refractivity contribution < 1.29 is 27.9 Å². The van der Waals surface area contributed by atoms with Crippen LogP contribution < -0.4 is 0 Å².